The van der Waals surface area contributed by atoms with Gasteiger partial charge in [-0.15, -0.1) is 0 Å². The maximum Gasteiger partial charge on any atom is 0.469 e. The molecule has 0 amide bonds. The Hall–Kier alpha value is -1.16. The Balaban J connectivity index is 2.59. The van der Waals surface area contributed by atoms with Crippen LogP contribution in [0.25, 0.3) is 0 Å². The molecule has 0 aliphatic heterocycles. The number of unbranched alkanes of at least 4 members (excludes halogenated alkanes) is 8. The number of hydrogen-bond donors (Lipinski definition) is 4. The summed E-state index contributed by atoms with van der Waals surface area (Å²) in [4.78, 5) is 17.6. The summed E-state index contributed by atoms with van der Waals surface area (Å²) >= 11 is 0. The summed E-state index contributed by atoms with van der Waals surface area (Å²) < 4.78 is 61.4. The summed E-state index contributed by atoms with van der Waals surface area (Å²) in [7, 11) is -4.79. The number of benzene rings is 1. The molecule has 0 heterocycles. The Morgan fingerprint density at radius 1 is 1.00 bits per heavy atom. The molecule has 1 unspecified atom stereocenters. The number of aryl methyl sites for hydroxylation is 1. The molecule has 5 N–H and O–H groups in total. The standard InChI is InChI=1S/C23H39F3NO6P/c1-2-3-4-5-6-7-8-9-10-15-32-21-12-11-19(16-20(21)23(24,25)26)13-14-22(27,17-28)18-33-34(29,30)31/h11-12,16,28H,2-10,13-15,17-18,27H2,1H3,(H2,29,30,31). The van der Waals surface area contributed by atoms with Gasteiger partial charge in [-0.1, -0.05) is 64.4 Å². The normalized spacial score (nSPS) is 14.2. The summed E-state index contributed by atoms with van der Waals surface area (Å²) in [6.45, 7) is 1.08. The first-order valence-corrected chi connectivity index (χ1v) is 13.4. The van der Waals surface area contributed by atoms with Crippen molar-refractivity contribution in [3.05, 3.63) is 29.3 Å². The van der Waals surface area contributed by atoms with Crippen molar-refractivity contribution in [3.8, 4) is 5.75 Å². The molecule has 0 fully saturated rings. The number of ether oxygens (including phenoxy) is 1. The summed E-state index contributed by atoms with van der Waals surface area (Å²) in [6, 6.07) is 3.74. The number of aliphatic hydroxyl groups excluding tert-OH is 1. The van der Waals surface area contributed by atoms with E-state index in [4.69, 9.17) is 20.3 Å². The van der Waals surface area contributed by atoms with Crippen molar-refractivity contribution in [2.45, 2.75) is 89.3 Å². The molecule has 0 bridgehead atoms. The lowest BCUT2D eigenvalue weighted by atomic mass is 9.93. The second-order valence-corrected chi connectivity index (χ2v) is 10.0. The van der Waals surface area contributed by atoms with Gasteiger partial charge in [0, 0.05) is 0 Å². The Labute approximate surface area is 200 Å². The molecule has 0 saturated heterocycles. The van der Waals surface area contributed by atoms with Crippen LogP contribution >= 0.6 is 7.82 Å². The van der Waals surface area contributed by atoms with Gasteiger partial charge in [0.1, 0.15) is 5.75 Å². The first-order valence-electron chi connectivity index (χ1n) is 11.8. The molecule has 1 rings (SSSR count). The molecule has 198 valence electrons. The molecule has 0 radical (unpaired) electrons. The number of hydrogen-bond acceptors (Lipinski definition) is 5. The fraction of sp³-hybridized carbons (Fsp3) is 0.739. The average molecular weight is 514 g/mol. The lowest BCUT2D eigenvalue weighted by Gasteiger charge is -2.27. The predicted molar refractivity (Wildman–Crippen MR) is 124 cm³/mol. The molecule has 0 saturated carbocycles. The van der Waals surface area contributed by atoms with Gasteiger partial charge in [0.15, 0.2) is 0 Å². The molecule has 0 aliphatic carbocycles. The zero-order valence-electron chi connectivity index (χ0n) is 19.9. The van der Waals surface area contributed by atoms with Gasteiger partial charge in [-0.2, -0.15) is 13.2 Å². The quantitative estimate of drug-likeness (QED) is 0.154. The van der Waals surface area contributed by atoms with E-state index in [1.807, 2.05) is 0 Å². The molecule has 7 nitrogen and oxygen atoms in total. The van der Waals surface area contributed by atoms with Crippen LogP contribution in [0.3, 0.4) is 0 Å². The van der Waals surface area contributed by atoms with Crippen molar-refractivity contribution < 1.29 is 41.9 Å². The van der Waals surface area contributed by atoms with Gasteiger partial charge in [-0.05, 0) is 37.0 Å². The molecule has 1 aromatic rings. The van der Waals surface area contributed by atoms with Crippen LogP contribution in [0.15, 0.2) is 18.2 Å². The van der Waals surface area contributed by atoms with E-state index in [0.29, 0.717) is 12.0 Å². The highest BCUT2D eigenvalue weighted by molar-refractivity contribution is 7.46. The van der Waals surface area contributed by atoms with E-state index >= 15 is 0 Å². The monoisotopic (exact) mass is 513 g/mol. The fourth-order valence-corrected chi connectivity index (χ4v) is 3.90. The third-order valence-corrected chi connectivity index (χ3v) is 6.07. The number of phosphoric ester groups is 1. The third kappa shape index (κ3) is 13.1. The highest BCUT2D eigenvalue weighted by atomic mass is 31.2. The van der Waals surface area contributed by atoms with Gasteiger partial charge < -0.3 is 25.4 Å². The van der Waals surface area contributed by atoms with Crippen LogP contribution in [0.2, 0.25) is 0 Å². The molecule has 0 spiro atoms. The molecule has 0 aromatic heterocycles. The molecule has 1 atom stereocenters. The average Bonchev–Trinajstić information content (AvgIpc) is 2.77. The van der Waals surface area contributed by atoms with Gasteiger partial charge in [-0.3, -0.25) is 4.52 Å². The van der Waals surface area contributed by atoms with Gasteiger partial charge in [-0.25, -0.2) is 4.57 Å². The van der Waals surface area contributed by atoms with Crippen LogP contribution in [0, 0.1) is 0 Å². The van der Waals surface area contributed by atoms with E-state index in [1.54, 1.807) is 0 Å². The van der Waals surface area contributed by atoms with Crippen LogP contribution in [0.5, 0.6) is 5.75 Å². The predicted octanol–water partition coefficient (Wildman–Crippen LogP) is 5.35. The van der Waals surface area contributed by atoms with Gasteiger partial charge in [0.2, 0.25) is 0 Å². The largest absolute Gasteiger partial charge is 0.493 e. The highest BCUT2D eigenvalue weighted by Gasteiger charge is 2.35. The highest BCUT2D eigenvalue weighted by Crippen LogP contribution is 2.38. The number of aliphatic hydroxyl groups is 1. The first-order chi connectivity index (χ1) is 15.9. The van der Waals surface area contributed by atoms with Crippen molar-refractivity contribution in [2.24, 2.45) is 5.73 Å². The Kier molecular flexibility index (Phi) is 13.7. The number of rotatable bonds is 18. The Morgan fingerprint density at radius 2 is 1.59 bits per heavy atom. The van der Waals surface area contributed by atoms with Crippen LogP contribution in [-0.4, -0.2) is 40.3 Å². The van der Waals surface area contributed by atoms with Crippen LogP contribution in [-0.2, 0) is 21.7 Å². The minimum atomic E-state index is -4.79. The second-order valence-electron chi connectivity index (χ2n) is 8.79. The van der Waals surface area contributed by atoms with E-state index in [1.165, 1.54) is 44.2 Å². The lowest BCUT2D eigenvalue weighted by molar-refractivity contribution is -0.139. The summed E-state index contributed by atoms with van der Waals surface area (Å²) in [5, 5.41) is 9.45. The Morgan fingerprint density at radius 3 is 2.12 bits per heavy atom. The van der Waals surface area contributed by atoms with Crippen LogP contribution < -0.4 is 10.5 Å². The second kappa shape index (κ2) is 15.1. The minimum absolute atomic E-state index is 0.0422. The molecule has 0 aliphatic rings. The van der Waals surface area contributed by atoms with Crippen molar-refractivity contribution in [3.63, 3.8) is 0 Å². The molecular formula is C23H39F3NO6P. The molecule has 11 heteroatoms. The van der Waals surface area contributed by atoms with Crippen LogP contribution in [0.4, 0.5) is 13.2 Å². The van der Waals surface area contributed by atoms with E-state index in [2.05, 4.69) is 11.4 Å². The maximum atomic E-state index is 13.6. The number of phosphoric acid groups is 1. The number of alkyl halides is 3. The fourth-order valence-electron chi connectivity index (χ4n) is 3.48. The summed E-state index contributed by atoms with van der Waals surface area (Å²) in [6.07, 6.45) is 5.29. The minimum Gasteiger partial charge on any atom is -0.493 e. The van der Waals surface area contributed by atoms with Crippen molar-refractivity contribution >= 4 is 7.82 Å². The van der Waals surface area contributed by atoms with Crippen LogP contribution in [0.1, 0.15) is 82.3 Å². The molecule has 34 heavy (non-hydrogen) atoms. The summed E-state index contributed by atoms with van der Waals surface area (Å²) in [5.41, 5.74) is 3.80. The van der Waals surface area contributed by atoms with Gasteiger partial charge >= 0.3 is 14.0 Å². The van der Waals surface area contributed by atoms with E-state index < -0.39 is 38.3 Å². The van der Waals surface area contributed by atoms with E-state index in [9.17, 15) is 22.8 Å². The van der Waals surface area contributed by atoms with Crippen molar-refractivity contribution in [1.82, 2.24) is 0 Å². The SMILES string of the molecule is CCCCCCCCCCCOc1ccc(CCC(N)(CO)COP(=O)(O)O)cc1C(F)(F)F. The van der Waals surface area contributed by atoms with E-state index in [0.717, 1.165) is 25.3 Å². The number of nitrogens with two attached hydrogens (primary N) is 1. The van der Waals surface area contributed by atoms with E-state index in [-0.39, 0.29) is 25.2 Å². The zero-order valence-corrected chi connectivity index (χ0v) is 20.8. The maximum absolute atomic E-state index is 13.6. The van der Waals surface area contributed by atoms with Crippen molar-refractivity contribution in [1.29, 1.82) is 0 Å². The smallest absolute Gasteiger partial charge is 0.469 e. The van der Waals surface area contributed by atoms with Gasteiger partial charge in [0.25, 0.3) is 0 Å². The third-order valence-electron chi connectivity index (χ3n) is 5.60. The molecule has 1 aromatic carbocycles. The zero-order chi connectivity index (χ0) is 25.7. The van der Waals surface area contributed by atoms with Crippen molar-refractivity contribution in [2.75, 3.05) is 19.8 Å². The lowest BCUT2D eigenvalue weighted by Crippen LogP contribution is -2.48. The molecular weight excluding hydrogens is 474 g/mol. The van der Waals surface area contributed by atoms with Gasteiger partial charge in [0.05, 0.1) is 30.9 Å². The Bertz CT molecular complexity index is 759. The summed E-state index contributed by atoms with van der Waals surface area (Å²) in [5.74, 6) is -0.234. The number of halogens is 3. The topological polar surface area (TPSA) is 122 Å². The first kappa shape index (κ1) is 30.9.